The standard InChI is InChI=1S/C19H22N2O3S/c1-4-18(19(23)21-14-8-10-16(24-3)11-9-14)25-17-7-5-6-15(12-17)20-13(2)22/h5-12,18H,4H2,1-3H3,(H,20,22)(H,21,23). The van der Waals surface area contributed by atoms with Crippen molar-refractivity contribution in [2.45, 2.75) is 30.4 Å². The number of nitrogens with one attached hydrogen (secondary N) is 2. The number of carbonyl (C=O) groups excluding carboxylic acids is 2. The van der Waals surface area contributed by atoms with Gasteiger partial charge >= 0.3 is 0 Å². The van der Waals surface area contributed by atoms with Gasteiger partial charge in [0.1, 0.15) is 5.75 Å². The van der Waals surface area contributed by atoms with E-state index in [1.165, 1.54) is 18.7 Å². The van der Waals surface area contributed by atoms with E-state index >= 15 is 0 Å². The average molecular weight is 358 g/mol. The van der Waals surface area contributed by atoms with Crippen LogP contribution in [0.25, 0.3) is 0 Å². The monoisotopic (exact) mass is 358 g/mol. The number of ether oxygens (including phenoxy) is 1. The summed E-state index contributed by atoms with van der Waals surface area (Å²) in [7, 11) is 1.60. The summed E-state index contributed by atoms with van der Waals surface area (Å²) in [5.41, 5.74) is 1.46. The molecule has 2 N–H and O–H groups in total. The van der Waals surface area contributed by atoms with Crippen molar-refractivity contribution in [3.05, 3.63) is 48.5 Å². The topological polar surface area (TPSA) is 67.4 Å². The number of anilines is 2. The lowest BCUT2D eigenvalue weighted by atomic mass is 10.2. The first kappa shape index (κ1) is 18.9. The van der Waals surface area contributed by atoms with Gasteiger partial charge in [0.2, 0.25) is 11.8 Å². The maximum atomic E-state index is 12.5. The molecule has 0 heterocycles. The van der Waals surface area contributed by atoms with Gasteiger partial charge in [0.05, 0.1) is 12.4 Å². The molecule has 0 radical (unpaired) electrons. The summed E-state index contributed by atoms with van der Waals surface area (Å²) in [5, 5.41) is 5.45. The second-order valence-corrected chi connectivity index (χ2v) is 6.72. The highest BCUT2D eigenvalue weighted by atomic mass is 32.2. The van der Waals surface area contributed by atoms with Gasteiger partial charge in [-0.3, -0.25) is 9.59 Å². The van der Waals surface area contributed by atoms with Crippen molar-refractivity contribution >= 4 is 35.0 Å². The molecule has 0 spiro atoms. The van der Waals surface area contributed by atoms with E-state index in [1.54, 1.807) is 19.2 Å². The number of benzene rings is 2. The van der Waals surface area contributed by atoms with Crippen molar-refractivity contribution in [3.8, 4) is 5.75 Å². The van der Waals surface area contributed by atoms with Gasteiger partial charge in [-0.25, -0.2) is 0 Å². The molecule has 6 heteroatoms. The Morgan fingerprint density at radius 3 is 2.40 bits per heavy atom. The molecule has 0 saturated carbocycles. The minimum Gasteiger partial charge on any atom is -0.497 e. The highest BCUT2D eigenvalue weighted by Crippen LogP contribution is 2.28. The summed E-state index contributed by atoms with van der Waals surface area (Å²) in [6.45, 7) is 3.44. The molecule has 25 heavy (non-hydrogen) atoms. The quantitative estimate of drug-likeness (QED) is 0.729. The Morgan fingerprint density at radius 2 is 1.80 bits per heavy atom. The van der Waals surface area contributed by atoms with Gasteiger partial charge < -0.3 is 15.4 Å². The SMILES string of the molecule is CCC(Sc1cccc(NC(C)=O)c1)C(=O)Nc1ccc(OC)cc1. The normalized spacial score (nSPS) is 11.5. The smallest absolute Gasteiger partial charge is 0.237 e. The molecule has 5 nitrogen and oxygen atoms in total. The van der Waals surface area contributed by atoms with Crippen LogP contribution in [0.1, 0.15) is 20.3 Å². The second-order valence-electron chi connectivity index (χ2n) is 5.44. The first-order valence-electron chi connectivity index (χ1n) is 8.01. The Morgan fingerprint density at radius 1 is 1.08 bits per heavy atom. The van der Waals surface area contributed by atoms with Crippen LogP contribution in [0, 0.1) is 0 Å². The zero-order valence-electron chi connectivity index (χ0n) is 14.5. The van der Waals surface area contributed by atoms with E-state index in [-0.39, 0.29) is 17.1 Å². The highest BCUT2D eigenvalue weighted by molar-refractivity contribution is 8.00. The van der Waals surface area contributed by atoms with E-state index in [0.717, 1.165) is 22.0 Å². The lowest BCUT2D eigenvalue weighted by Gasteiger charge is -2.15. The number of methoxy groups -OCH3 is 1. The first-order valence-corrected chi connectivity index (χ1v) is 8.89. The van der Waals surface area contributed by atoms with Gasteiger partial charge in [-0.2, -0.15) is 0 Å². The van der Waals surface area contributed by atoms with Crippen LogP contribution in [-0.4, -0.2) is 24.2 Å². The fraction of sp³-hybridized carbons (Fsp3) is 0.263. The van der Waals surface area contributed by atoms with Gasteiger partial charge in [-0.15, -0.1) is 11.8 Å². The Hall–Kier alpha value is -2.47. The summed E-state index contributed by atoms with van der Waals surface area (Å²) in [6.07, 6.45) is 0.691. The first-order chi connectivity index (χ1) is 12.0. The van der Waals surface area contributed by atoms with E-state index in [4.69, 9.17) is 4.74 Å². The molecule has 0 aliphatic carbocycles. The van der Waals surface area contributed by atoms with Crippen molar-refractivity contribution < 1.29 is 14.3 Å². The number of thioether (sulfide) groups is 1. The summed E-state index contributed by atoms with van der Waals surface area (Å²) in [6, 6.07) is 14.7. The molecule has 2 aromatic carbocycles. The predicted molar refractivity (Wildman–Crippen MR) is 102 cm³/mol. The van der Waals surface area contributed by atoms with Gasteiger partial charge in [-0.1, -0.05) is 13.0 Å². The van der Waals surface area contributed by atoms with Crippen molar-refractivity contribution in [2.75, 3.05) is 17.7 Å². The van der Waals surface area contributed by atoms with Gasteiger partial charge in [0.25, 0.3) is 0 Å². The molecule has 1 unspecified atom stereocenters. The van der Waals surface area contributed by atoms with Crippen LogP contribution in [0.3, 0.4) is 0 Å². The molecular formula is C19H22N2O3S. The molecule has 0 fully saturated rings. The Balaban J connectivity index is 2.03. The minimum atomic E-state index is -0.227. The van der Waals surface area contributed by atoms with Crippen LogP contribution >= 0.6 is 11.8 Å². The van der Waals surface area contributed by atoms with Crippen LogP contribution < -0.4 is 15.4 Å². The predicted octanol–water partition coefficient (Wildman–Crippen LogP) is 4.16. The van der Waals surface area contributed by atoms with Crippen molar-refractivity contribution in [1.82, 2.24) is 0 Å². The summed E-state index contributed by atoms with van der Waals surface area (Å²) >= 11 is 1.48. The third-order valence-corrected chi connectivity index (χ3v) is 4.81. The summed E-state index contributed by atoms with van der Waals surface area (Å²) in [4.78, 5) is 24.6. The molecule has 2 amide bonds. The molecule has 0 aliphatic heterocycles. The molecule has 2 rings (SSSR count). The molecular weight excluding hydrogens is 336 g/mol. The zero-order chi connectivity index (χ0) is 18.2. The van der Waals surface area contributed by atoms with Crippen LogP contribution in [0.5, 0.6) is 5.75 Å². The van der Waals surface area contributed by atoms with E-state index in [1.807, 2.05) is 43.3 Å². The highest BCUT2D eigenvalue weighted by Gasteiger charge is 2.18. The molecule has 0 aromatic heterocycles. The largest absolute Gasteiger partial charge is 0.497 e. The van der Waals surface area contributed by atoms with E-state index < -0.39 is 0 Å². The van der Waals surface area contributed by atoms with E-state index in [2.05, 4.69) is 10.6 Å². The summed E-state index contributed by atoms with van der Waals surface area (Å²) in [5.74, 6) is 0.572. The lowest BCUT2D eigenvalue weighted by Crippen LogP contribution is -2.24. The number of rotatable bonds is 7. The molecule has 2 aromatic rings. The third kappa shape index (κ3) is 5.83. The molecule has 0 bridgehead atoms. The van der Waals surface area contributed by atoms with Crippen LogP contribution in [0.2, 0.25) is 0 Å². The minimum absolute atomic E-state index is 0.0532. The Labute approximate surface area is 152 Å². The van der Waals surface area contributed by atoms with Crippen LogP contribution in [-0.2, 0) is 9.59 Å². The van der Waals surface area contributed by atoms with Crippen LogP contribution in [0.4, 0.5) is 11.4 Å². The fourth-order valence-corrected chi connectivity index (χ4v) is 3.25. The van der Waals surface area contributed by atoms with Gasteiger partial charge in [-0.05, 0) is 48.9 Å². The number of hydrogen-bond acceptors (Lipinski definition) is 4. The molecule has 0 aliphatic rings. The third-order valence-electron chi connectivity index (χ3n) is 3.45. The average Bonchev–Trinajstić information content (AvgIpc) is 2.60. The maximum absolute atomic E-state index is 12.5. The van der Waals surface area contributed by atoms with Crippen molar-refractivity contribution in [2.24, 2.45) is 0 Å². The van der Waals surface area contributed by atoms with Crippen molar-refractivity contribution in [1.29, 1.82) is 0 Å². The van der Waals surface area contributed by atoms with E-state index in [0.29, 0.717) is 6.42 Å². The number of amides is 2. The van der Waals surface area contributed by atoms with Gasteiger partial charge in [0.15, 0.2) is 0 Å². The lowest BCUT2D eigenvalue weighted by molar-refractivity contribution is -0.116. The van der Waals surface area contributed by atoms with Crippen molar-refractivity contribution in [3.63, 3.8) is 0 Å². The summed E-state index contributed by atoms with van der Waals surface area (Å²) < 4.78 is 5.11. The zero-order valence-corrected chi connectivity index (χ0v) is 15.4. The second kappa shape index (κ2) is 9.13. The Kier molecular flexibility index (Phi) is 6.89. The van der Waals surface area contributed by atoms with E-state index in [9.17, 15) is 9.59 Å². The number of carbonyl (C=O) groups is 2. The molecule has 0 saturated heterocycles. The maximum Gasteiger partial charge on any atom is 0.237 e. The van der Waals surface area contributed by atoms with Crippen LogP contribution in [0.15, 0.2) is 53.4 Å². The molecule has 132 valence electrons. The molecule has 1 atom stereocenters. The Bertz CT molecular complexity index is 732. The number of hydrogen-bond donors (Lipinski definition) is 2. The fourth-order valence-electron chi connectivity index (χ4n) is 2.23. The van der Waals surface area contributed by atoms with Gasteiger partial charge in [0, 0.05) is 23.2 Å².